The van der Waals surface area contributed by atoms with E-state index in [1.165, 1.54) is 0 Å². The molecule has 3 aromatic carbocycles. The molecule has 10 nitrogen and oxygen atoms in total. The highest BCUT2D eigenvalue weighted by atomic mass is 19.2. The SMILES string of the molecule is C[N+](CCN)(CCN)CCC[C@H](N)C(=O)N[C@H](CCc1ccccc1)C(=O)Nc1nc2ccccc2n1Cc1cc(F)c(F)c(F)c1. The minimum atomic E-state index is -1.56. The molecule has 4 rings (SSSR count). The van der Waals surface area contributed by atoms with Crippen LogP contribution in [0.4, 0.5) is 19.1 Å². The number of likely N-dealkylation sites (N-methyl/N-ethyl adjacent to an activating group) is 1. The third-order valence-electron chi connectivity index (χ3n) is 8.36. The topological polar surface area (TPSA) is 154 Å². The number of quaternary nitrogens is 1. The lowest BCUT2D eigenvalue weighted by molar-refractivity contribution is -0.907. The highest BCUT2D eigenvalue weighted by Crippen LogP contribution is 2.23. The van der Waals surface area contributed by atoms with Crippen LogP contribution in [-0.2, 0) is 22.6 Å². The van der Waals surface area contributed by atoms with Crippen LogP contribution in [0.15, 0.2) is 66.7 Å². The van der Waals surface area contributed by atoms with E-state index in [1.54, 1.807) is 28.8 Å². The minimum Gasteiger partial charge on any atom is -0.343 e. The summed E-state index contributed by atoms with van der Waals surface area (Å²) in [6.07, 6.45) is 1.83. The summed E-state index contributed by atoms with van der Waals surface area (Å²) in [5, 5.41) is 5.63. The Kier molecular flexibility index (Phi) is 12.5. The maximum Gasteiger partial charge on any atom is 0.249 e. The van der Waals surface area contributed by atoms with E-state index < -0.39 is 41.3 Å². The number of rotatable bonds is 17. The zero-order valence-electron chi connectivity index (χ0n) is 26.6. The van der Waals surface area contributed by atoms with Crippen LogP contribution in [-0.4, -0.2) is 77.7 Å². The Bertz CT molecular complexity index is 1620. The Labute approximate surface area is 272 Å². The lowest BCUT2D eigenvalue weighted by Gasteiger charge is -2.34. The van der Waals surface area contributed by atoms with Gasteiger partial charge in [0.25, 0.3) is 0 Å². The first-order valence-electron chi connectivity index (χ1n) is 15.8. The van der Waals surface area contributed by atoms with Crippen LogP contribution >= 0.6 is 0 Å². The first kappa shape index (κ1) is 35.6. The van der Waals surface area contributed by atoms with Gasteiger partial charge in [0, 0.05) is 13.1 Å². The van der Waals surface area contributed by atoms with E-state index >= 15 is 0 Å². The quantitative estimate of drug-likeness (QED) is 0.0873. The van der Waals surface area contributed by atoms with Gasteiger partial charge in [0.15, 0.2) is 17.5 Å². The number of nitrogens with one attached hydrogen (secondary N) is 2. The Morgan fingerprint density at radius 1 is 0.872 bits per heavy atom. The van der Waals surface area contributed by atoms with Gasteiger partial charge in [-0.15, -0.1) is 0 Å². The average molecular weight is 654 g/mol. The molecule has 0 aliphatic carbocycles. The van der Waals surface area contributed by atoms with Gasteiger partial charge in [-0.05, 0) is 61.1 Å². The van der Waals surface area contributed by atoms with Gasteiger partial charge in [-0.2, -0.15) is 0 Å². The van der Waals surface area contributed by atoms with Crippen molar-refractivity contribution in [3.63, 3.8) is 0 Å². The number of carbonyl (C=O) groups excluding carboxylic acids is 2. The van der Waals surface area contributed by atoms with Crippen molar-refractivity contribution >= 4 is 28.8 Å². The number of nitrogens with two attached hydrogens (primary N) is 3. The molecule has 0 aliphatic heterocycles. The van der Waals surface area contributed by atoms with E-state index in [0.717, 1.165) is 37.3 Å². The van der Waals surface area contributed by atoms with Crippen LogP contribution in [0.2, 0.25) is 0 Å². The Morgan fingerprint density at radius 3 is 2.17 bits per heavy atom. The van der Waals surface area contributed by atoms with E-state index in [4.69, 9.17) is 17.2 Å². The molecule has 0 radical (unpaired) electrons. The Balaban J connectivity index is 1.52. The molecule has 0 fully saturated rings. The molecule has 13 heteroatoms. The number of carbonyl (C=O) groups is 2. The number of hydrogen-bond acceptors (Lipinski definition) is 6. The van der Waals surface area contributed by atoms with Gasteiger partial charge in [0.05, 0.1) is 50.3 Å². The Hall–Kier alpha value is -4.30. The number of para-hydroxylation sites is 2. The molecule has 1 heterocycles. The fourth-order valence-corrected chi connectivity index (χ4v) is 5.70. The maximum absolute atomic E-state index is 14.0. The van der Waals surface area contributed by atoms with E-state index in [0.29, 0.717) is 47.9 Å². The Morgan fingerprint density at radius 2 is 1.51 bits per heavy atom. The molecule has 0 bridgehead atoms. The minimum absolute atomic E-state index is 0.0986. The van der Waals surface area contributed by atoms with Gasteiger partial charge >= 0.3 is 0 Å². The number of fused-ring (bicyclic) bond motifs is 1. The van der Waals surface area contributed by atoms with E-state index in [1.807, 2.05) is 30.3 Å². The fourth-order valence-electron chi connectivity index (χ4n) is 5.70. The summed E-state index contributed by atoms with van der Waals surface area (Å²) in [4.78, 5) is 31.6. The second-order valence-corrected chi connectivity index (χ2v) is 12.1. The van der Waals surface area contributed by atoms with Crippen molar-refractivity contribution in [2.45, 2.75) is 44.3 Å². The second kappa shape index (κ2) is 16.5. The van der Waals surface area contributed by atoms with Gasteiger partial charge in [-0.1, -0.05) is 42.5 Å². The van der Waals surface area contributed by atoms with Crippen LogP contribution in [0.5, 0.6) is 0 Å². The molecule has 1 aromatic heterocycles. The number of anilines is 1. The average Bonchev–Trinajstić information content (AvgIpc) is 3.38. The van der Waals surface area contributed by atoms with Crippen molar-refractivity contribution in [1.82, 2.24) is 14.9 Å². The molecule has 4 aromatic rings. The number of halogens is 3. The first-order chi connectivity index (χ1) is 22.5. The number of amides is 2. The molecule has 2 atom stereocenters. The third-order valence-corrected chi connectivity index (χ3v) is 8.36. The van der Waals surface area contributed by atoms with Crippen molar-refractivity contribution in [3.05, 3.63) is 95.3 Å². The van der Waals surface area contributed by atoms with Gasteiger partial charge in [0.2, 0.25) is 17.8 Å². The number of imidazole rings is 1. The molecule has 0 saturated heterocycles. The van der Waals surface area contributed by atoms with Crippen LogP contribution in [0, 0.1) is 17.5 Å². The maximum atomic E-state index is 14.0. The van der Waals surface area contributed by atoms with Crippen LogP contribution in [0.3, 0.4) is 0 Å². The monoisotopic (exact) mass is 653 g/mol. The van der Waals surface area contributed by atoms with Gasteiger partial charge in [-0.25, -0.2) is 18.2 Å². The first-order valence-corrected chi connectivity index (χ1v) is 15.8. The summed E-state index contributed by atoms with van der Waals surface area (Å²) in [5.74, 6) is -5.11. The molecule has 47 heavy (non-hydrogen) atoms. The van der Waals surface area contributed by atoms with Crippen molar-refractivity contribution in [1.29, 1.82) is 0 Å². The number of aryl methyl sites for hydroxylation is 1. The summed E-state index contributed by atoms with van der Waals surface area (Å²) < 4.78 is 44.0. The molecule has 2 amide bonds. The molecule has 0 aliphatic rings. The summed E-state index contributed by atoms with van der Waals surface area (Å²) >= 11 is 0. The van der Waals surface area contributed by atoms with Gasteiger partial charge in [-0.3, -0.25) is 14.9 Å². The number of hydrogen-bond donors (Lipinski definition) is 5. The zero-order valence-corrected chi connectivity index (χ0v) is 26.6. The van der Waals surface area contributed by atoms with Gasteiger partial charge in [0.1, 0.15) is 6.04 Å². The lowest BCUT2D eigenvalue weighted by atomic mass is 10.0. The molecule has 252 valence electrons. The predicted octanol–water partition coefficient (Wildman–Crippen LogP) is 3.03. The van der Waals surface area contributed by atoms with Crippen molar-refractivity contribution in [2.24, 2.45) is 17.2 Å². The highest BCUT2D eigenvalue weighted by Gasteiger charge is 2.27. The molecule has 0 saturated carbocycles. The van der Waals surface area contributed by atoms with Crippen LogP contribution in [0.1, 0.15) is 30.4 Å². The smallest absolute Gasteiger partial charge is 0.249 e. The normalized spacial score (nSPS) is 13.0. The highest BCUT2D eigenvalue weighted by molar-refractivity contribution is 5.98. The fraction of sp³-hybridized carbons (Fsp3) is 0.382. The van der Waals surface area contributed by atoms with Crippen molar-refractivity contribution in [3.8, 4) is 0 Å². The molecular weight excluding hydrogens is 609 g/mol. The summed E-state index contributed by atoms with van der Waals surface area (Å²) in [5.41, 5.74) is 20.1. The lowest BCUT2D eigenvalue weighted by Crippen LogP contribution is -2.52. The van der Waals surface area contributed by atoms with Crippen LogP contribution in [0.25, 0.3) is 11.0 Å². The molecule has 0 spiro atoms. The summed E-state index contributed by atoms with van der Waals surface area (Å²) in [6.45, 7) is 3.21. The number of nitrogens with zero attached hydrogens (tertiary/aromatic N) is 3. The van der Waals surface area contributed by atoms with Crippen molar-refractivity contribution in [2.75, 3.05) is 45.1 Å². The molecule has 0 unspecified atom stereocenters. The van der Waals surface area contributed by atoms with E-state index in [-0.39, 0.29) is 24.5 Å². The number of benzene rings is 3. The zero-order chi connectivity index (χ0) is 34.0. The molecule has 8 N–H and O–H groups in total. The summed E-state index contributed by atoms with van der Waals surface area (Å²) in [6, 6.07) is 16.5. The van der Waals surface area contributed by atoms with Gasteiger partial charge < -0.3 is 31.6 Å². The predicted molar refractivity (Wildman–Crippen MR) is 177 cm³/mol. The largest absolute Gasteiger partial charge is 0.343 e. The summed E-state index contributed by atoms with van der Waals surface area (Å²) in [7, 11) is 2.08. The van der Waals surface area contributed by atoms with E-state index in [2.05, 4.69) is 22.7 Å². The molecular formula is C34H44F3N8O2+. The van der Waals surface area contributed by atoms with E-state index in [9.17, 15) is 22.8 Å². The van der Waals surface area contributed by atoms with Crippen molar-refractivity contribution < 1.29 is 27.2 Å². The third kappa shape index (κ3) is 9.61. The second-order valence-electron chi connectivity index (χ2n) is 12.1. The van der Waals surface area contributed by atoms with Crippen LogP contribution < -0.4 is 27.8 Å². The standard InChI is InChI=1S/C34H43F3N8O2/c1-45(18-15-38,19-16-39)17-7-10-27(40)32(46)41-29(14-13-23-8-3-2-4-9-23)33(47)43-34-42-28-11-5-6-12-30(28)44(34)22-24-20-25(35)31(37)26(36)21-24/h2-6,8-9,11-12,20-21,27,29H,7,10,13-19,22,38-40H2,1H3,(H-,41,42,43,46,47)/p+1/t27-,29+/m0/s1. The number of aromatic nitrogens is 2.